The van der Waals surface area contributed by atoms with Crippen molar-refractivity contribution in [1.82, 2.24) is 5.32 Å². The Labute approximate surface area is 127 Å². The lowest BCUT2D eigenvalue weighted by Gasteiger charge is -2.17. The van der Waals surface area contributed by atoms with Crippen molar-refractivity contribution in [1.29, 1.82) is 0 Å². The second-order valence-corrected chi connectivity index (χ2v) is 6.25. The molecule has 0 spiro atoms. The molecular weight excluding hydrogens is 294 g/mol. The van der Waals surface area contributed by atoms with Crippen LogP contribution in [0.4, 0.5) is 11.4 Å². The van der Waals surface area contributed by atoms with Crippen molar-refractivity contribution in [3.63, 3.8) is 0 Å². The zero-order valence-corrected chi connectivity index (χ0v) is 12.9. The van der Waals surface area contributed by atoms with Crippen molar-refractivity contribution in [3.05, 3.63) is 45.1 Å². The third-order valence-corrected chi connectivity index (χ3v) is 4.12. The van der Waals surface area contributed by atoms with Gasteiger partial charge in [0, 0.05) is 20.6 Å². The predicted octanol–water partition coefficient (Wildman–Crippen LogP) is 2.98. The Kier molecular flexibility index (Phi) is 4.52. The minimum Gasteiger partial charge on any atom is -0.397 e. The second kappa shape index (κ2) is 6.15. The number of hydrogen-bond donors (Lipinski definition) is 2. The molecule has 3 N–H and O–H groups in total. The molecule has 2 aromatic rings. The van der Waals surface area contributed by atoms with Crippen molar-refractivity contribution in [2.24, 2.45) is 0 Å². The third-order valence-electron chi connectivity index (χ3n) is 2.89. The fourth-order valence-electron chi connectivity index (χ4n) is 1.84. The molecule has 6 heteroatoms. The molecular formula is C14H16ClN3OS. The van der Waals surface area contributed by atoms with Crippen LogP contribution in [0.1, 0.15) is 15.2 Å². The van der Waals surface area contributed by atoms with Crippen LogP contribution in [0, 0.1) is 0 Å². The second-order valence-electron chi connectivity index (χ2n) is 4.53. The predicted molar refractivity (Wildman–Crippen MR) is 85.7 cm³/mol. The van der Waals surface area contributed by atoms with Crippen LogP contribution in [0.25, 0.3) is 0 Å². The summed E-state index contributed by atoms with van der Waals surface area (Å²) < 4.78 is 0.601. The quantitative estimate of drug-likeness (QED) is 0.854. The van der Waals surface area contributed by atoms with Crippen LogP contribution in [0.2, 0.25) is 4.34 Å². The van der Waals surface area contributed by atoms with E-state index < -0.39 is 0 Å². The molecule has 0 saturated heterocycles. The van der Waals surface area contributed by atoms with Gasteiger partial charge in [-0.1, -0.05) is 23.7 Å². The van der Waals surface area contributed by atoms with E-state index >= 15 is 0 Å². The fourth-order valence-corrected chi connectivity index (χ4v) is 2.80. The van der Waals surface area contributed by atoms with E-state index in [1.165, 1.54) is 11.3 Å². The van der Waals surface area contributed by atoms with Gasteiger partial charge in [-0.05, 0) is 23.8 Å². The lowest BCUT2D eigenvalue weighted by Crippen LogP contribution is -2.23. The molecule has 0 saturated carbocycles. The molecule has 0 aliphatic heterocycles. The summed E-state index contributed by atoms with van der Waals surface area (Å²) in [5, 5.41) is 2.85. The lowest BCUT2D eigenvalue weighted by atomic mass is 10.1. The average Bonchev–Trinajstić information content (AvgIpc) is 2.83. The number of nitrogens with two attached hydrogens (primary N) is 1. The topological polar surface area (TPSA) is 58.4 Å². The van der Waals surface area contributed by atoms with Gasteiger partial charge in [0.25, 0.3) is 5.91 Å². The van der Waals surface area contributed by atoms with Crippen LogP contribution < -0.4 is 16.0 Å². The Hall–Kier alpha value is -1.72. The SMILES string of the molecule is CN(C)c1cccc(CNC(=O)c2ccc(Cl)s2)c1N. The summed E-state index contributed by atoms with van der Waals surface area (Å²) in [6.45, 7) is 0.391. The Morgan fingerprint density at radius 1 is 1.35 bits per heavy atom. The molecule has 1 amide bonds. The number of para-hydroxylation sites is 1. The number of nitrogens with zero attached hydrogens (tertiary/aromatic N) is 1. The van der Waals surface area contributed by atoms with Gasteiger partial charge in [0.1, 0.15) is 0 Å². The molecule has 1 aromatic heterocycles. The van der Waals surface area contributed by atoms with Crippen LogP contribution in [0.5, 0.6) is 0 Å². The van der Waals surface area contributed by atoms with E-state index in [0.29, 0.717) is 21.4 Å². The van der Waals surface area contributed by atoms with Gasteiger partial charge in [-0.15, -0.1) is 11.3 Å². The average molecular weight is 310 g/mol. The number of nitrogen functional groups attached to an aromatic ring is 1. The number of nitrogens with one attached hydrogen (secondary N) is 1. The number of halogens is 1. The maximum absolute atomic E-state index is 12.0. The standard InChI is InChI=1S/C14H16ClN3OS/c1-18(2)10-5-3-4-9(13(10)16)8-17-14(19)11-6-7-12(15)20-11/h3-7H,8,16H2,1-2H3,(H,17,19). The Morgan fingerprint density at radius 3 is 2.70 bits per heavy atom. The first-order valence-corrected chi connectivity index (χ1v) is 7.26. The van der Waals surface area contributed by atoms with Gasteiger partial charge in [-0.2, -0.15) is 0 Å². The Morgan fingerprint density at radius 2 is 2.10 bits per heavy atom. The van der Waals surface area contributed by atoms with Gasteiger partial charge in [0.15, 0.2) is 0 Å². The van der Waals surface area contributed by atoms with Crippen molar-refractivity contribution >= 4 is 40.2 Å². The van der Waals surface area contributed by atoms with Gasteiger partial charge in [-0.25, -0.2) is 0 Å². The largest absolute Gasteiger partial charge is 0.397 e. The number of thiophene rings is 1. The highest BCUT2D eigenvalue weighted by Gasteiger charge is 2.10. The summed E-state index contributed by atoms with van der Waals surface area (Å²) >= 11 is 7.07. The van der Waals surface area contributed by atoms with Crippen molar-refractivity contribution < 1.29 is 4.79 Å². The summed E-state index contributed by atoms with van der Waals surface area (Å²) in [6.07, 6.45) is 0. The Balaban J connectivity index is 2.08. The third kappa shape index (κ3) is 3.23. The molecule has 0 aliphatic carbocycles. The summed E-state index contributed by atoms with van der Waals surface area (Å²) in [4.78, 5) is 14.5. The molecule has 106 valence electrons. The first-order valence-electron chi connectivity index (χ1n) is 6.07. The van der Waals surface area contributed by atoms with E-state index in [4.69, 9.17) is 17.3 Å². The first kappa shape index (κ1) is 14.7. The minimum absolute atomic E-state index is 0.142. The summed E-state index contributed by atoms with van der Waals surface area (Å²) in [5.41, 5.74) is 8.62. The number of amides is 1. The van der Waals surface area contributed by atoms with Gasteiger partial charge < -0.3 is 16.0 Å². The number of hydrogen-bond acceptors (Lipinski definition) is 4. The number of rotatable bonds is 4. The molecule has 0 fully saturated rings. The molecule has 2 rings (SSSR count). The van der Waals surface area contributed by atoms with E-state index in [1.54, 1.807) is 12.1 Å². The van der Waals surface area contributed by atoms with Crippen LogP contribution in [-0.4, -0.2) is 20.0 Å². The van der Waals surface area contributed by atoms with Gasteiger partial charge >= 0.3 is 0 Å². The summed E-state index contributed by atoms with van der Waals surface area (Å²) in [7, 11) is 3.86. The molecule has 0 atom stereocenters. The fraction of sp³-hybridized carbons (Fsp3) is 0.214. The zero-order chi connectivity index (χ0) is 14.7. The molecule has 0 aliphatic rings. The summed E-state index contributed by atoms with van der Waals surface area (Å²) in [6, 6.07) is 9.20. The van der Waals surface area contributed by atoms with Gasteiger partial charge in [0.2, 0.25) is 0 Å². The molecule has 4 nitrogen and oxygen atoms in total. The van der Waals surface area contributed by atoms with E-state index in [9.17, 15) is 4.79 Å². The number of carbonyl (C=O) groups is 1. The van der Waals surface area contributed by atoms with Crippen LogP contribution in [0.3, 0.4) is 0 Å². The first-order chi connectivity index (χ1) is 9.49. The molecule has 1 heterocycles. The van der Waals surface area contributed by atoms with Crippen LogP contribution in [-0.2, 0) is 6.54 Å². The highest BCUT2D eigenvalue weighted by atomic mass is 35.5. The number of anilines is 2. The molecule has 20 heavy (non-hydrogen) atoms. The molecule has 1 aromatic carbocycles. The Bertz CT molecular complexity index is 625. The minimum atomic E-state index is -0.142. The normalized spacial score (nSPS) is 10.3. The maximum atomic E-state index is 12.0. The van der Waals surface area contributed by atoms with E-state index in [0.717, 1.165) is 11.3 Å². The van der Waals surface area contributed by atoms with Crippen molar-refractivity contribution in [3.8, 4) is 0 Å². The molecule has 0 radical (unpaired) electrons. The van der Waals surface area contributed by atoms with Crippen LogP contribution in [0.15, 0.2) is 30.3 Å². The monoisotopic (exact) mass is 309 g/mol. The molecule has 0 unspecified atom stereocenters. The molecule has 0 bridgehead atoms. The van der Waals surface area contributed by atoms with E-state index in [2.05, 4.69) is 5.32 Å². The number of benzene rings is 1. The highest BCUT2D eigenvalue weighted by molar-refractivity contribution is 7.17. The van der Waals surface area contributed by atoms with E-state index in [-0.39, 0.29) is 5.91 Å². The van der Waals surface area contributed by atoms with Gasteiger partial charge in [0.05, 0.1) is 20.6 Å². The van der Waals surface area contributed by atoms with Crippen LogP contribution >= 0.6 is 22.9 Å². The van der Waals surface area contributed by atoms with Crippen molar-refractivity contribution in [2.45, 2.75) is 6.54 Å². The van der Waals surface area contributed by atoms with E-state index in [1.807, 2.05) is 37.2 Å². The zero-order valence-electron chi connectivity index (χ0n) is 11.3. The summed E-state index contributed by atoms with van der Waals surface area (Å²) in [5.74, 6) is -0.142. The lowest BCUT2D eigenvalue weighted by molar-refractivity contribution is 0.0955. The van der Waals surface area contributed by atoms with Crippen molar-refractivity contribution in [2.75, 3.05) is 24.7 Å². The smallest absolute Gasteiger partial charge is 0.261 e. The number of carbonyl (C=O) groups excluding carboxylic acids is 1. The highest BCUT2D eigenvalue weighted by Crippen LogP contribution is 2.25. The maximum Gasteiger partial charge on any atom is 0.261 e. The van der Waals surface area contributed by atoms with Gasteiger partial charge in [-0.3, -0.25) is 4.79 Å².